The number of nitrogens with zero attached hydrogens (tertiary/aromatic N) is 4. The number of ether oxygens (including phenoxy) is 4. The Morgan fingerprint density at radius 3 is 2.73 bits per heavy atom. The maximum Gasteiger partial charge on any atom is 0.214 e. The number of methoxy groups -OCH3 is 2. The summed E-state index contributed by atoms with van der Waals surface area (Å²) in [5.41, 5.74) is 1.49. The second kappa shape index (κ2) is 10.5. The number of nitriles is 1. The molecule has 0 radical (unpaired) electrons. The number of morpholine rings is 1. The van der Waals surface area contributed by atoms with Crippen LogP contribution in [-0.4, -0.2) is 68.5 Å². The van der Waals surface area contributed by atoms with E-state index in [9.17, 15) is 5.26 Å². The first-order valence-corrected chi connectivity index (χ1v) is 10.8. The molecule has 2 aromatic heterocycles. The van der Waals surface area contributed by atoms with Gasteiger partial charge in [-0.05, 0) is 12.1 Å². The van der Waals surface area contributed by atoms with Crippen molar-refractivity contribution in [2.24, 2.45) is 0 Å². The second-order valence-electron chi connectivity index (χ2n) is 7.29. The van der Waals surface area contributed by atoms with Gasteiger partial charge in [-0.1, -0.05) is 11.6 Å². The summed E-state index contributed by atoms with van der Waals surface area (Å²) in [5.74, 6) is 1.88. The van der Waals surface area contributed by atoms with Crippen LogP contribution in [0.2, 0.25) is 5.02 Å². The first-order valence-electron chi connectivity index (χ1n) is 10.4. The van der Waals surface area contributed by atoms with E-state index in [1.807, 2.05) is 0 Å². The summed E-state index contributed by atoms with van der Waals surface area (Å²) in [6.07, 6.45) is 1.50. The normalized spacial score (nSPS) is 14.0. The van der Waals surface area contributed by atoms with E-state index in [0.29, 0.717) is 57.0 Å². The summed E-state index contributed by atoms with van der Waals surface area (Å²) < 4.78 is 22.2. The Kier molecular flexibility index (Phi) is 7.29. The molecule has 1 fully saturated rings. The van der Waals surface area contributed by atoms with Crippen LogP contribution in [0, 0.1) is 11.3 Å². The summed E-state index contributed by atoms with van der Waals surface area (Å²) >= 11 is 6.32. The van der Waals surface area contributed by atoms with E-state index in [2.05, 4.69) is 26.3 Å². The molecule has 1 saturated heterocycles. The first kappa shape index (κ1) is 22.9. The van der Waals surface area contributed by atoms with Crippen molar-refractivity contribution in [3.8, 4) is 23.4 Å². The minimum absolute atomic E-state index is 0.339. The Balaban J connectivity index is 1.65. The van der Waals surface area contributed by atoms with Crippen molar-refractivity contribution in [1.82, 2.24) is 14.9 Å². The lowest BCUT2D eigenvalue weighted by atomic mass is 10.1. The van der Waals surface area contributed by atoms with E-state index in [1.54, 1.807) is 31.4 Å². The molecule has 1 N–H and O–H groups in total. The van der Waals surface area contributed by atoms with Crippen LogP contribution in [0.1, 0.15) is 5.56 Å². The highest BCUT2D eigenvalue weighted by Gasteiger charge is 2.17. The molecule has 3 aromatic rings. The van der Waals surface area contributed by atoms with Crippen LogP contribution in [0.5, 0.6) is 17.4 Å². The number of pyridine rings is 2. The van der Waals surface area contributed by atoms with Crippen molar-refractivity contribution in [2.75, 3.05) is 59.0 Å². The van der Waals surface area contributed by atoms with Crippen LogP contribution in [0.25, 0.3) is 10.9 Å². The minimum Gasteiger partial charge on any atom is -0.493 e. The monoisotopic (exact) mass is 469 g/mol. The molecule has 0 bridgehead atoms. The van der Waals surface area contributed by atoms with Crippen LogP contribution in [0.15, 0.2) is 30.5 Å². The highest BCUT2D eigenvalue weighted by molar-refractivity contribution is 6.33. The lowest BCUT2D eigenvalue weighted by Gasteiger charge is -2.26. The summed E-state index contributed by atoms with van der Waals surface area (Å²) in [4.78, 5) is 11.1. The number of hydrogen-bond acceptors (Lipinski definition) is 9. The molecule has 0 amide bonds. The Hall–Kier alpha value is -3.32. The molecule has 33 heavy (non-hydrogen) atoms. The van der Waals surface area contributed by atoms with Gasteiger partial charge in [0.05, 0.1) is 49.2 Å². The van der Waals surface area contributed by atoms with Gasteiger partial charge < -0.3 is 24.3 Å². The van der Waals surface area contributed by atoms with E-state index in [0.717, 1.165) is 32.8 Å². The maximum atomic E-state index is 9.67. The van der Waals surface area contributed by atoms with Gasteiger partial charge in [0, 0.05) is 43.4 Å². The predicted molar refractivity (Wildman–Crippen MR) is 125 cm³/mol. The van der Waals surface area contributed by atoms with Crippen LogP contribution < -0.4 is 19.5 Å². The third-order valence-corrected chi connectivity index (χ3v) is 5.62. The first-order chi connectivity index (χ1) is 16.1. The third kappa shape index (κ3) is 5.20. The SMILES string of the molecule is COc1ccc(Cl)c(Nc2c(C#N)cnc3cc(OCCN4CCOCC4)c(OC)cc23)n1. The number of hydrogen-bond donors (Lipinski definition) is 1. The molecule has 0 unspecified atom stereocenters. The Morgan fingerprint density at radius 1 is 1.18 bits per heavy atom. The van der Waals surface area contributed by atoms with Gasteiger partial charge in [-0.3, -0.25) is 9.88 Å². The van der Waals surface area contributed by atoms with E-state index >= 15 is 0 Å². The standard InChI is InChI=1S/C23H24ClN5O4/c1-30-19-11-16-18(12-20(19)33-10-7-29-5-8-32-9-6-29)26-14-15(13-25)22(16)28-23-17(24)3-4-21(27-23)31-2/h3-4,11-12,14H,5-10H2,1-2H3,(H,26,27,28). The zero-order valence-corrected chi connectivity index (χ0v) is 19.2. The van der Waals surface area contributed by atoms with Gasteiger partial charge in [0.2, 0.25) is 5.88 Å². The average molecular weight is 470 g/mol. The van der Waals surface area contributed by atoms with Crippen molar-refractivity contribution in [3.05, 3.63) is 41.0 Å². The van der Waals surface area contributed by atoms with Crippen LogP contribution >= 0.6 is 11.6 Å². The van der Waals surface area contributed by atoms with Crippen molar-refractivity contribution in [2.45, 2.75) is 0 Å². The number of benzene rings is 1. The smallest absolute Gasteiger partial charge is 0.214 e. The number of fused-ring (bicyclic) bond motifs is 1. The van der Waals surface area contributed by atoms with Crippen molar-refractivity contribution >= 4 is 34.0 Å². The lowest BCUT2D eigenvalue weighted by molar-refractivity contribution is 0.0321. The number of rotatable bonds is 8. The van der Waals surface area contributed by atoms with E-state index < -0.39 is 0 Å². The van der Waals surface area contributed by atoms with Gasteiger partial charge in [0.25, 0.3) is 0 Å². The van der Waals surface area contributed by atoms with Crippen molar-refractivity contribution in [3.63, 3.8) is 0 Å². The Bertz CT molecular complexity index is 1180. The van der Waals surface area contributed by atoms with E-state index in [1.165, 1.54) is 13.3 Å². The van der Waals surface area contributed by atoms with Crippen molar-refractivity contribution < 1.29 is 18.9 Å². The van der Waals surface area contributed by atoms with Crippen LogP contribution in [0.3, 0.4) is 0 Å². The van der Waals surface area contributed by atoms with Gasteiger partial charge in [0.15, 0.2) is 17.3 Å². The molecule has 1 aromatic carbocycles. The fourth-order valence-electron chi connectivity index (χ4n) is 3.55. The van der Waals surface area contributed by atoms with Gasteiger partial charge in [0.1, 0.15) is 12.7 Å². The van der Waals surface area contributed by atoms with E-state index in [4.69, 9.17) is 30.5 Å². The lowest BCUT2D eigenvalue weighted by Crippen LogP contribution is -2.38. The van der Waals surface area contributed by atoms with Gasteiger partial charge in [-0.15, -0.1) is 0 Å². The molecular formula is C23H24ClN5O4. The third-order valence-electron chi connectivity index (χ3n) is 5.32. The molecule has 3 heterocycles. The minimum atomic E-state index is 0.339. The molecule has 4 rings (SSSR count). The van der Waals surface area contributed by atoms with Crippen LogP contribution in [-0.2, 0) is 4.74 Å². The molecule has 1 aliphatic rings. The average Bonchev–Trinajstić information content (AvgIpc) is 2.85. The number of nitrogens with one attached hydrogen (secondary N) is 1. The summed E-state index contributed by atoms with van der Waals surface area (Å²) in [5, 5.41) is 13.9. The molecule has 0 saturated carbocycles. The zero-order valence-electron chi connectivity index (χ0n) is 18.4. The Labute approximate surface area is 196 Å². The van der Waals surface area contributed by atoms with E-state index in [-0.39, 0.29) is 0 Å². The molecule has 9 nitrogen and oxygen atoms in total. The highest BCUT2D eigenvalue weighted by atomic mass is 35.5. The largest absolute Gasteiger partial charge is 0.493 e. The predicted octanol–water partition coefficient (Wildman–Crippen LogP) is 3.63. The summed E-state index contributed by atoms with van der Waals surface area (Å²) in [7, 11) is 3.10. The summed E-state index contributed by atoms with van der Waals surface area (Å²) in [6.45, 7) is 4.57. The number of aromatic nitrogens is 2. The fraction of sp³-hybridized carbons (Fsp3) is 0.348. The maximum absolute atomic E-state index is 9.67. The van der Waals surface area contributed by atoms with Crippen LogP contribution in [0.4, 0.5) is 11.5 Å². The molecule has 10 heteroatoms. The molecule has 0 aliphatic carbocycles. The number of anilines is 2. The van der Waals surface area contributed by atoms with Gasteiger partial charge in [-0.2, -0.15) is 10.2 Å². The molecule has 172 valence electrons. The quantitative estimate of drug-likeness (QED) is 0.529. The zero-order chi connectivity index (χ0) is 23.2. The molecular weight excluding hydrogens is 446 g/mol. The Morgan fingerprint density at radius 2 is 2.00 bits per heavy atom. The summed E-state index contributed by atoms with van der Waals surface area (Å²) in [6, 6.07) is 9.10. The highest BCUT2D eigenvalue weighted by Crippen LogP contribution is 2.38. The van der Waals surface area contributed by atoms with Gasteiger partial charge in [-0.25, -0.2) is 0 Å². The van der Waals surface area contributed by atoms with Gasteiger partial charge >= 0.3 is 0 Å². The fourth-order valence-corrected chi connectivity index (χ4v) is 3.70. The van der Waals surface area contributed by atoms with Crippen molar-refractivity contribution in [1.29, 1.82) is 5.26 Å². The number of halogens is 1. The topological polar surface area (TPSA) is 102 Å². The molecule has 0 spiro atoms. The second-order valence-corrected chi connectivity index (χ2v) is 7.70. The molecule has 1 aliphatic heterocycles. The molecule has 0 atom stereocenters.